The van der Waals surface area contributed by atoms with Crippen LogP contribution in [0.5, 0.6) is 0 Å². The lowest BCUT2D eigenvalue weighted by molar-refractivity contribution is 0.0950. The molecule has 2 rings (SSSR count). The maximum absolute atomic E-state index is 12.0. The number of anilines is 1. The summed E-state index contributed by atoms with van der Waals surface area (Å²) in [4.78, 5) is 12.0. The average Bonchev–Trinajstić information content (AvgIpc) is 2.83. The van der Waals surface area contributed by atoms with Gasteiger partial charge in [-0.1, -0.05) is 37.1 Å². The molecule has 21 heavy (non-hydrogen) atoms. The molecular weight excluding hydrogens is 288 g/mol. The molecule has 112 valence electrons. The number of hydrogen-bond acceptors (Lipinski definition) is 3. The van der Waals surface area contributed by atoms with Gasteiger partial charge in [0.1, 0.15) is 0 Å². The van der Waals surface area contributed by atoms with Crippen LogP contribution < -0.4 is 11.1 Å². The lowest BCUT2D eigenvalue weighted by Gasteiger charge is -2.04. The van der Waals surface area contributed by atoms with E-state index in [9.17, 15) is 4.79 Å². The lowest BCUT2D eigenvalue weighted by Crippen LogP contribution is -2.26. The van der Waals surface area contributed by atoms with Gasteiger partial charge in [0.05, 0.1) is 11.4 Å². The second-order valence-corrected chi connectivity index (χ2v) is 5.28. The number of H-pyrrole nitrogens is 1. The molecule has 0 saturated heterocycles. The van der Waals surface area contributed by atoms with Crippen LogP contribution in [0.2, 0.25) is 5.02 Å². The Kier molecular flexibility index (Phi) is 5.22. The van der Waals surface area contributed by atoms with Crippen LogP contribution in [0.3, 0.4) is 0 Å². The number of aryl methyl sites for hydroxylation is 1. The number of carbonyl (C=O) groups excluding carboxylic acids is 1. The Morgan fingerprint density at radius 1 is 1.33 bits per heavy atom. The molecule has 0 aliphatic carbocycles. The fourth-order valence-electron chi connectivity index (χ4n) is 2.06. The van der Waals surface area contributed by atoms with Gasteiger partial charge in [0.15, 0.2) is 5.69 Å². The van der Waals surface area contributed by atoms with Crippen LogP contribution in [-0.2, 0) is 12.8 Å². The number of nitrogens with two attached hydrogens (primary N) is 1. The monoisotopic (exact) mass is 306 g/mol. The molecule has 0 saturated carbocycles. The first-order valence-electron chi connectivity index (χ1n) is 6.97. The van der Waals surface area contributed by atoms with E-state index in [1.165, 1.54) is 0 Å². The third kappa shape index (κ3) is 3.98. The van der Waals surface area contributed by atoms with E-state index in [0.29, 0.717) is 17.3 Å². The minimum atomic E-state index is -0.250. The van der Waals surface area contributed by atoms with E-state index in [-0.39, 0.29) is 11.6 Å². The molecule has 2 aromatic rings. The van der Waals surface area contributed by atoms with Crippen molar-refractivity contribution in [2.24, 2.45) is 0 Å². The van der Waals surface area contributed by atoms with Crippen molar-refractivity contribution in [3.63, 3.8) is 0 Å². The first-order chi connectivity index (χ1) is 10.1. The van der Waals surface area contributed by atoms with Crippen molar-refractivity contribution >= 4 is 23.2 Å². The topological polar surface area (TPSA) is 83.8 Å². The molecule has 0 atom stereocenters. The van der Waals surface area contributed by atoms with Crippen LogP contribution in [0, 0.1) is 0 Å². The van der Waals surface area contributed by atoms with E-state index in [1.54, 1.807) is 0 Å². The number of benzene rings is 1. The smallest absolute Gasteiger partial charge is 0.273 e. The molecule has 0 aliphatic rings. The Hall–Kier alpha value is -2.01. The van der Waals surface area contributed by atoms with Crippen molar-refractivity contribution < 1.29 is 4.79 Å². The quantitative estimate of drug-likeness (QED) is 0.767. The summed E-state index contributed by atoms with van der Waals surface area (Å²) < 4.78 is 0. The molecule has 1 aromatic carbocycles. The van der Waals surface area contributed by atoms with Gasteiger partial charge < -0.3 is 11.1 Å². The second-order valence-electron chi connectivity index (χ2n) is 4.85. The van der Waals surface area contributed by atoms with Crippen LogP contribution in [0.15, 0.2) is 24.3 Å². The number of aromatic amines is 1. The average molecular weight is 307 g/mol. The van der Waals surface area contributed by atoms with Gasteiger partial charge in [0, 0.05) is 11.6 Å². The van der Waals surface area contributed by atoms with E-state index < -0.39 is 0 Å². The maximum atomic E-state index is 12.0. The summed E-state index contributed by atoms with van der Waals surface area (Å²) in [5.41, 5.74) is 8.57. The van der Waals surface area contributed by atoms with Gasteiger partial charge >= 0.3 is 0 Å². The number of halogens is 1. The van der Waals surface area contributed by atoms with E-state index in [4.69, 9.17) is 17.3 Å². The third-order valence-electron chi connectivity index (χ3n) is 3.21. The van der Waals surface area contributed by atoms with Crippen LogP contribution in [0.25, 0.3) is 0 Å². The Labute approximate surface area is 128 Å². The molecule has 0 fully saturated rings. The van der Waals surface area contributed by atoms with Crippen molar-refractivity contribution in [3.8, 4) is 0 Å². The van der Waals surface area contributed by atoms with E-state index >= 15 is 0 Å². The highest BCUT2D eigenvalue weighted by atomic mass is 35.5. The van der Waals surface area contributed by atoms with Crippen molar-refractivity contribution in [2.75, 3.05) is 12.3 Å². The maximum Gasteiger partial charge on any atom is 0.273 e. The molecule has 0 spiro atoms. The van der Waals surface area contributed by atoms with Crippen LogP contribution in [0.1, 0.15) is 35.1 Å². The first-order valence-corrected chi connectivity index (χ1v) is 7.35. The number of rotatable bonds is 6. The molecule has 6 heteroatoms. The number of nitrogens with zero attached hydrogens (tertiary/aromatic N) is 1. The summed E-state index contributed by atoms with van der Waals surface area (Å²) >= 11 is 5.83. The largest absolute Gasteiger partial charge is 0.395 e. The first kappa shape index (κ1) is 15.4. The zero-order valence-corrected chi connectivity index (χ0v) is 12.7. The summed E-state index contributed by atoms with van der Waals surface area (Å²) in [6.45, 7) is 2.57. The molecule has 1 heterocycles. The minimum absolute atomic E-state index is 0.250. The third-order valence-corrected chi connectivity index (χ3v) is 3.46. The SMILES string of the molecule is CCCc1[nH]nc(C(=O)NCCc2ccc(Cl)cc2)c1N. The molecule has 0 radical (unpaired) electrons. The molecule has 5 nitrogen and oxygen atoms in total. The van der Waals surface area contributed by atoms with Gasteiger partial charge in [-0.2, -0.15) is 5.10 Å². The van der Waals surface area contributed by atoms with E-state index in [0.717, 1.165) is 30.5 Å². The van der Waals surface area contributed by atoms with Gasteiger partial charge in [-0.05, 0) is 30.5 Å². The van der Waals surface area contributed by atoms with Gasteiger partial charge in [-0.3, -0.25) is 9.89 Å². The molecule has 0 aliphatic heterocycles. The Bertz CT molecular complexity index is 607. The predicted octanol–water partition coefficient (Wildman–Crippen LogP) is 2.57. The fraction of sp³-hybridized carbons (Fsp3) is 0.333. The predicted molar refractivity (Wildman–Crippen MR) is 84.5 cm³/mol. The fourth-order valence-corrected chi connectivity index (χ4v) is 2.18. The van der Waals surface area contributed by atoms with Gasteiger partial charge in [0.25, 0.3) is 5.91 Å². The molecule has 4 N–H and O–H groups in total. The van der Waals surface area contributed by atoms with Crippen LogP contribution in [-0.4, -0.2) is 22.6 Å². The van der Waals surface area contributed by atoms with Crippen molar-refractivity contribution in [2.45, 2.75) is 26.2 Å². The highest BCUT2D eigenvalue weighted by Crippen LogP contribution is 2.15. The molecule has 1 amide bonds. The summed E-state index contributed by atoms with van der Waals surface area (Å²) in [6.07, 6.45) is 2.47. The molecule has 0 unspecified atom stereocenters. The summed E-state index contributed by atoms with van der Waals surface area (Å²) in [5, 5.41) is 10.3. The van der Waals surface area contributed by atoms with Gasteiger partial charge in [0.2, 0.25) is 0 Å². The molecule has 1 aromatic heterocycles. The number of hydrogen-bond donors (Lipinski definition) is 3. The zero-order valence-electron chi connectivity index (χ0n) is 11.9. The lowest BCUT2D eigenvalue weighted by atomic mass is 10.1. The number of aromatic nitrogens is 2. The Morgan fingerprint density at radius 2 is 2.05 bits per heavy atom. The van der Waals surface area contributed by atoms with Crippen molar-refractivity contribution in [1.82, 2.24) is 15.5 Å². The van der Waals surface area contributed by atoms with E-state index in [2.05, 4.69) is 15.5 Å². The zero-order chi connectivity index (χ0) is 15.2. The van der Waals surface area contributed by atoms with Crippen molar-refractivity contribution in [1.29, 1.82) is 0 Å². The van der Waals surface area contributed by atoms with Crippen LogP contribution in [0.4, 0.5) is 5.69 Å². The van der Waals surface area contributed by atoms with Crippen LogP contribution >= 0.6 is 11.6 Å². The summed E-state index contributed by atoms with van der Waals surface area (Å²) in [5.74, 6) is -0.250. The highest BCUT2D eigenvalue weighted by Gasteiger charge is 2.16. The number of carbonyl (C=O) groups is 1. The normalized spacial score (nSPS) is 10.6. The summed E-state index contributed by atoms with van der Waals surface area (Å²) in [7, 11) is 0. The second kappa shape index (κ2) is 7.13. The molecular formula is C15H19ClN4O. The standard InChI is InChI=1S/C15H19ClN4O/c1-2-3-12-13(17)14(20-19-12)15(21)18-9-8-10-4-6-11(16)7-5-10/h4-7H,2-3,8-9,17H2,1H3,(H,18,21)(H,19,20). The Morgan fingerprint density at radius 3 is 2.71 bits per heavy atom. The number of nitrogen functional groups attached to an aromatic ring is 1. The Balaban J connectivity index is 1.88. The van der Waals surface area contributed by atoms with Crippen molar-refractivity contribution in [3.05, 3.63) is 46.2 Å². The minimum Gasteiger partial charge on any atom is -0.395 e. The number of amides is 1. The van der Waals surface area contributed by atoms with E-state index in [1.807, 2.05) is 31.2 Å². The van der Waals surface area contributed by atoms with Gasteiger partial charge in [-0.15, -0.1) is 0 Å². The molecule has 0 bridgehead atoms. The number of nitrogens with one attached hydrogen (secondary N) is 2. The highest BCUT2D eigenvalue weighted by molar-refractivity contribution is 6.30. The summed E-state index contributed by atoms with van der Waals surface area (Å²) in [6, 6.07) is 7.55. The van der Waals surface area contributed by atoms with Gasteiger partial charge in [-0.25, -0.2) is 0 Å².